The summed E-state index contributed by atoms with van der Waals surface area (Å²) in [6.07, 6.45) is -0.610. The van der Waals surface area contributed by atoms with Gasteiger partial charge in [0.1, 0.15) is 5.82 Å². The van der Waals surface area contributed by atoms with Gasteiger partial charge in [-0.2, -0.15) is 0 Å². The third-order valence-corrected chi connectivity index (χ3v) is 2.74. The number of likely N-dealkylation sites (N-methyl/N-ethyl adjacent to an activating group) is 1. The summed E-state index contributed by atoms with van der Waals surface area (Å²) in [5.74, 6) is -0.788. The van der Waals surface area contributed by atoms with Crippen LogP contribution in [0.15, 0.2) is 22.7 Å². The molecule has 1 unspecified atom stereocenters. The molecule has 0 aliphatic rings. The van der Waals surface area contributed by atoms with Gasteiger partial charge in [-0.3, -0.25) is 4.79 Å². The zero-order valence-corrected chi connectivity index (χ0v) is 10.7. The van der Waals surface area contributed by atoms with E-state index < -0.39 is 11.9 Å². The van der Waals surface area contributed by atoms with Crippen molar-refractivity contribution in [2.24, 2.45) is 0 Å². The van der Waals surface area contributed by atoms with Gasteiger partial charge in [0.05, 0.1) is 11.7 Å². The summed E-state index contributed by atoms with van der Waals surface area (Å²) in [5.41, 5.74) is 0.253. The van der Waals surface area contributed by atoms with Crippen LogP contribution in [-0.2, 0) is 0 Å². The third-order valence-electron chi connectivity index (χ3n) is 2.04. The minimum atomic E-state index is -0.610. The topological polar surface area (TPSA) is 40.5 Å². The molecule has 0 aliphatic carbocycles. The smallest absolute Gasteiger partial charge is 0.254 e. The minimum absolute atomic E-state index is 0.210. The number of nitrogens with zero attached hydrogens (tertiary/aromatic N) is 1. The highest BCUT2D eigenvalue weighted by molar-refractivity contribution is 9.10. The zero-order chi connectivity index (χ0) is 12.3. The van der Waals surface area contributed by atoms with E-state index in [4.69, 9.17) is 5.11 Å². The number of halogens is 2. The lowest BCUT2D eigenvalue weighted by Gasteiger charge is -2.19. The molecular weight excluding hydrogens is 277 g/mol. The quantitative estimate of drug-likeness (QED) is 0.925. The van der Waals surface area contributed by atoms with Crippen molar-refractivity contribution in [1.82, 2.24) is 4.90 Å². The highest BCUT2D eigenvalue weighted by atomic mass is 79.9. The fourth-order valence-electron chi connectivity index (χ4n) is 1.35. The van der Waals surface area contributed by atoms with Gasteiger partial charge in [0, 0.05) is 18.1 Å². The molecule has 16 heavy (non-hydrogen) atoms. The van der Waals surface area contributed by atoms with Crippen molar-refractivity contribution in [1.29, 1.82) is 0 Å². The summed E-state index contributed by atoms with van der Waals surface area (Å²) < 4.78 is 13.5. The first-order chi connectivity index (χ1) is 7.41. The SMILES string of the molecule is CC(O)CN(C)C(=O)c1cc(F)ccc1Br. The second-order valence-electron chi connectivity index (χ2n) is 3.66. The molecule has 0 heterocycles. The number of amides is 1. The van der Waals surface area contributed by atoms with Crippen molar-refractivity contribution in [3.05, 3.63) is 34.1 Å². The van der Waals surface area contributed by atoms with E-state index in [0.29, 0.717) is 4.47 Å². The Morgan fingerprint density at radius 2 is 2.25 bits per heavy atom. The number of carbonyl (C=O) groups is 1. The Bertz CT molecular complexity index is 396. The Morgan fingerprint density at radius 1 is 1.62 bits per heavy atom. The number of benzene rings is 1. The lowest BCUT2D eigenvalue weighted by Crippen LogP contribution is -2.33. The van der Waals surface area contributed by atoms with Gasteiger partial charge in [0.25, 0.3) is 5.91 Å². The van der Waals surface area contributed by atoms with E-state index in [-0.39, 0.29) is 18.0 Å². The van der Waals surface area contributed by atoms with E-state index in [1.165, 1.54) is 23.1 Å². The third kappa shape index (κ3) is 3.28. The summed E-state index contributed by atoms with van der Waals surface area (Å²) in [6.45, 7) is 1.80. The average Bonchev–Trinajstić information content (AvgIpc) is 2.19. The van der Waals surface area contributed by atoms with Gasteiger partial charge < -0.3 is 10.0 Å². The van der Waals surface area contributed by atoms with Crippen LogP contribution in [0, 0.1) is 5.82 Å². The van der Waals surface area contributed by atoms with Gasteiger partial charge >= 0.3 is 0 Å². The van der Waals surface area contributed by atoms with Crippen LogP contribution < -0.4 is 0 Å². The number of aliphatic hydroxyl groups excluding tert-OH is 1. The Morgan fingerprint density at radius 3 is 2.81 bits per heavy atom. The molecule has 0 saturated heterocycles. The van der Waals surface area contributed by atoms with Crippen LogP contribution in [0.2, 0.25) is 0 Å². The largest absolute Gasteiger partial charge is 0.392 e. The first kappa shape index (κ1) is 13.1. The van der Waals surface area contributed by atoms with Crippen LogP contribution in [0.5, 0.6) is 0 Å². The Balaban J connectivity index is 2.91. The van der Waals surface area contributed by atoms with E-state index in [1.54, 1.807) is 14.0 Å². The molecule has 88 valence electrons. The molecule has 0 aliphatic heterocycles. The molecule has 0 aromatic heterocycles. The van der Waals surface area contributed by atoms with Crippen LogP contribution in [0.1, 0.15) is 17.3 Å². The van der Waals surface area contributed by atoms with Gasteiger partial charge in [0.2, 0.25) is 0 Å². The minimum Gasteiger partial charge on any atom is -0.392 e. The van der Waals surface area contributed by atoms with E-state index in [9.17, 15) is 9.18 Å². The Hall–Kier alpha value is -0.940. The number of carbonyl (C=O) groups excluding carboxylic acids is 1. The van der Waals surface area contributed by atoms with Crippen molar-refractivity contribution in [2.75, 3.05) is 13.6 Å². The van der Waals surface area contributed by atoms with Gasteiger partial charge in [-0.05, 0) is 41.1 Å². The van der Waals surface area contributed by atoms with Crippen LogP contribution >= 0.6 is 15.9 Å². The molecule has 5 heteroatoms. The molecule has 1 atom stereocenters. The van der Waals surface area contributed by atoms with Crippen molar-refractivity contribution in [2.45, 2.75) is 13.0 Å². The van der Waals surface area contributed by atoms with Crippen molar-refractivity contribution >= 4 is 21.8 Å². The van der Waals surface area contributed by atoms with Crippen LogP contribution in [0.4, 0.5) is 4.39 Å². The predicted molar refractivity (Wildman–Crippen MR) is 62.7 cm³/mol. The molecule has 0 bridgehead atoms. The molecule has 0 fully saturated rings. The van der Waals surface area contributed by atoms with Gasteiger partial charge in [-0.1, -0.05) is 0 Å². The molecule has 0 spiro atoms. The molecule has 1 aromatic rings. The highest BCUT2D eigenvalue weighted by Gasteiger charge is 2.16. The van der Waals surface area contributed by atoms with Crippen molar-refractivity contribution < 1.29 is 14.3 Å². The van der Waals surface area contributed by atoms with E-state index in [2.05, 4.69) is 15.9 Å². The maximum Gasteiger partial charge on any atom is 0.254 e. The molecule has 0 saturated carbocycles. The normalized spacial score (nSPS) is 12.3. The van der Waals surface area contributed by atoms with Gasteiger partial charge in [-0.25, -0.2) is 4.39 Å². The first-order valence-electron chi connectivity index (χ1n) is 4.80. The van der Waals surface area contributed by atoms with Crippen molar-refractivity contribution in [3.8, 4) is 0 Å². The lowest BCUT2D eigenvalue weighted by atomic mass is 10.2. The molecule has 1 aromatic carbocycles. The fraction of sp³-hybridized carbons (Fsp3) is 0.364. The molecule has 3 nitrogen and oxygen atoms in total. The van der Waals surface area contributed by atoms with Crippen LogP contribution in [0.25, 0.3) is 0 Å². The second-order valence-corrected chi connectivity index (χ2v) is 4.51. The predicted octanol–water partition coefficient (Wildman–Crippen LogP) is 2.04. The average molecular weight is 290 g/mol. The van der Waals surface area contributed by atoms with E-state index in [1.807, 2.05) is 0 Å². The Kier molecular flexibility index (Phi) is 4.44. The summed E-state index contributed by atoms with van der Waals surface area (Å²) in [4.78, 5) is 13.2. The molecule has 1 rings (SSSR count). The van der Waals surface area contributed by atoms with E-state index >= 15 is 0 Å². The number of aliphatic hydroxyl groups is 1. The van der Waals surface area contributed by atoms with E-state index in [0.717, 1.165) is 0 Å². The standard InChI is InChI=1S/C11H13BrFNO2/c1-7(15)6-14(2)11(16)9-5-8(13)3-4-10(9)12/h3-5,7,15H,6H2,1-2H3. The molecule has 1 N–H and O–H groups in total. The zero-order valence-electron chi connectivity index (χ0n) is 9.08. The molecule has 0 radical (unpaired) electrons. The number of hydrogen-bond acceptors (Lipinski definition) is 2. The molecular formula is C11H13BrFNO2. The van der Waals surface area contributed by atoms with Crippen LogP contribution in [-0.4, -0.2) is 35.6 Å². The maximum absolute atomic E-state index is 13.0. The Labute approximate surface area is 102 Å². The number of hydrogen-bond donors (Lipinski definition) is 1. The first-order valence-corrected chi connectivity index (χ1v) is 5.59. The monoisotopic (exact) mass is 289 g/mol. The summed E-state index contributed by atoms with van der Waals surface area (Å²) in [6, 6.07) is 3.93. The van der Waals surface area contributed by atoms with Gasteiger partial charge in [0.15, 0.2) is 0 Å². The molecule has 1 amide bonds. The fourth-order valence-corrected chi connectivity index (χ4v) is 1.76. The maximum atomic E-state index is 13.0. The van der Waals surface area contributed by atoms with Crippen LogP contribution in [0.3, 0.4) is 0 Å². The summed E-state index contributed by atoms with van der Waals surface area (Å²) in [7, 11) is 1.56. The van der Waals surface area contributed by atoms with Gasteiger partial charge in [-0.15, -0.1) is 0 Å². The summed E-state index contributed by atoms with van der Waals surface area (Å²) in [5, 5.41) is 9.16. The highest BCUT2D eigenvalue weighted by Crippen LogP contribution is 2.19. The van der Waals surface area contributed by atoms with Crippen molar-refractivity contribution in [3.63, 3.8) is 0 Å². The summed E-state index contributed by atoms with van der Waals surface area (Å²) >= 11 is 3.19. The number of rotatable bonds is 3. The lowest BCUT2D eigenvalue weighted by molar-refractivity contribution is 0.0702. The second kappa shape index (κ2) is 5.41.